The van der Waals surface area contributed by atoms with Crippen LogP contribution < -0.4 is 10.6 Å². The van der Waals surface area contributed by atoms with E-state index in [2.05, 4.69) is 34.7 Å². The number of carboxylic acids is 1. The van der Waals surface area contributed by atoms with Crippen molar-refractivity contribution < 1.29 is 19.5 Å². The van der Waals surface area contributed by atoms with Gasteiger partial charge in [0, 0.05) is 44.7 Å². The molecule has 1 aromatic rings. The fourth-order valence-corrected chi connectivity index (χ4v) is 4.02. The summed E-state index contributed by atoms with van der Waals surface area (Å²) in [4.78, 5) is 39.5. The van der Waals surface area contributed by atoms with E-state index >= 15 is 0 Å². The maximum atomic E-state index is 12.1. The number of carboxylic acid groups (broad SMARTS) is 1. The molecule has 204 valence electrons. The molecule has 0 fully saturated rings. The van der Waals surface area contributed by atoms with Gasteiger partial charge in [-0.05, 0) is 32.1 Å². The predicted molar refractivity (Wildman–Crippen MR) is 144 cm³/mol. The molecular weight excluding hydrogens is 456 g/mol. The van der Waals surface area contributed by atoms with Crippen molar-refractivity contribution >= 4 is 17.8 Å². The number of hydrogen-bond donors (Lipinski definition) is 3. The molecule has 0 aliphatic carbocycles. The predicted octanol–water partition coefficient (Wildman–Crippen LogP) is 5.08. The second-order valence-electron chi connectivity index (χ2n) is 9.59. The molecule has 8 heteroatoms. The van der Waals surface area contributed by atoms with Gasteiger partial charge >= 0.3 is 5.97 Å². The number of carbonyl (C=O) groups is 3. The third-order valence-corrected chi connectivity index (χ3v) is 6.30. The summed E-state index contributed by atoms with van der Waals surface area (Å²) in [5.74, 6) is -1.56. The maximum Gasteiger partial charge on any atom is 0.326 e. The molecule has 0 aliphatic rings. The Labute approximate surface area is 217 Å². The summed E-state index contributed by atoms with van der Waals surface area (Å²) in [6, 6.07) is -1.03. The van der Waals surface area contributed by atoms with Crippen molar-refractivity contribution in [2.45, 2.75) is 116 Å². The molecule has 0 aromatic carbocycles. The molecule has 1 rings (SSSR count). The molecule has 0 aliphatic heterocycles. The van der Waals surface area contributed by atoms with Crippen molar-refractivity contribution in [2.24, 2.45) is 7.05 Å². The lowest BCUT2D eigenvalue weighted by Gasteiger charge is -2.15. The van der Waals surface area contributed by atoms with Gasteiger partial charge in [-0.15, -0.1) is 0 Å². The van der Waals surface area contributed by atoms with Crippen LogP contribution in [0.5, 0.6) is 0 Å². The number of aromatic nitrogens is 2. The number of amides is 2. The van der Waals surface area contributed by atoms with Crippen LogP contribution in [-0.2, 0) is 27.9 Å². The van der Waals surface area contributed by atoms with Gasteiger partial charge in [-0.3, -0.25) is 9.59 Å². The van der Waals surface area contributed by atoms with Crippen molar-refractivity contribution in [3.8, 4) is 0 Å². The third kappa shape index (κ3) is 16.1. The number of allylic oxidation sites excluding steroid dienone is 2. The van der Waals surface area contributed by atoms with Crippen molar-refractivity contribution in [1.29, 1.82) is 0 Å². The van der Waals surface area contributed by atoms with Gasteiger partial charge in [0.15, 0.2) is 0 Å². The Morgan fingerprint density at radius 1 is 0.917 bits per heavy atom. The van der Waals surface area contributed by atoms with E-state index < -0.39 is 17.9 Å². The highest BCUT2D eigenvalue weighted by Crippen LogP contribution is 2.10. The molecule has 3 N–H and O–H groups in total. The second-order valence-corrected chi connectivity index (χ2v) is 9.59. The first kappa shape index (κ1) is 31.4. The minimum atomic E-state index is -1.10. The van der Waals surface area contributed by atoms with Crippen molar-refractivity contribution in [3.05, 3.63) is 30.4 Å². The van der Waals surface area contributed by atoms with Crippen molar-refractivity contribution in [2.75, 3.05) is 6.54 Å². The zero-order chi connectivity index (χ0) is 26.4. The quantitative estimate of drug-likeness (QED) is 0.151. The SMILES string of the molecule is CCCCCCCC/C=C\CCCCCCCC(=O)NCCC(=O)N[C@@H](Cc1cncn1C)C(=O)O. The van der Waals surface area contributed by atoms with Crippen LogP contribution in [0.3, 0.4) is 0 Å². The lowest BCUT2D eigenvalue weighted by atomic mass is 10.1. The average molecular weight is 505 g/mol. The number of carbonyl (C=O) groups excluding carboxylic acids is 2. The topological polar surface area (TPSA) is 113 Å². The average Bonchev–Trinajstić information content (AvgIpc) is 3.25. The van der Waals surface area contributed by atoms with Gasteiger partial charge in [-0.25, -0.2) is 9.78 Å². The van der Waals surface area contributed by atoms with E-state index in [1.54, 1.807) is 24.1 Å². The normalized spacial score (nSPS) is 12.1. The Morgan fingerprint density at radius 3 is 2.11 bits per heavy atom. The first-order valence-electron chi connectivity index (χ1n) is 13.8. The molecular formula is C28H48N4O4. The van der Waals surface area contributed by atoms with Crippen LogP contribution in [0.15, 0.2) is 24.7 Å². The first-order chi connectivity index (χ1) is 17.4. The number of unbranched alkanes of at least 4 members (excludes halogenated alkanes) is 11. The third-order valence-electron chi connectivity index (χ3n) is 6.30. The van der Waals surface area contributed by atoms with E-state index in [4.69, 9.17) is 0 Å². The molecule has 1 atom stereocenters. The van der Waals surface area contributed by atoms with Crippen molar-refractivity contribution in [1.82, 2.24) is 20.2 Å². The standard InChI is InChI=1S/C28H48N4O4/c1-3-4-5-6-7-8-9-10-11-12-13-14-15-16-17-18-26(33)30-20-19-27(34)31-25(28(35)36)21-24-22-29-23-32(24)2/h10-11,22-23,25H,3-9,12-21H2,1-2H3,(H,30,33)(H,31,34)(H,35,36)/b11-10-/t25-/m0/s1. The second kappa shape index (κ2) is 20.5. The lowest BCUT2D eigenvalue weighted by molar-refractivity contribution is -0.141. The summed E-state index contributed by atoms with van der Waals surface area (Å²) >= 11 is 0. The number of rotatable bonds is 22. The highest BCUT2D eigenvalue weighted by molar-refractivity contribution is 5.84. The molecule has 0 unspecified atom stereocenters. The van der Waals surface area contributed by atoms with Crippen LogP contribution in [0, 0.1) is 0 Å². The van der Waals surface area contributed by atoms with Gasteiger partial charge < -0.3 is 20.3 Å². The van der Waals surface area contributed by atoms with Gasteiger partial charge in [0.25, 0.3) is 0 Å². The maximum absolute atomic E-state index is 12.1. The van der Waals surface area contributed by atoms with Crippen LogP contribution in [0.1, 0.15) is 109 Å². The van der Waals surface area contributed by atoms with Crippen LogP contribution >= 0.6 is 0 Å². The van der Waals surface area contributed by atoms with E-state index in [0.29, 0.717) is 6.42 Å². The van der Waals surface area contributed by atoms with E-state index in [-0.39, 0.29) is 25.3 Å². The van der Waals surface area contributed by atoms with Crippen LogP contribution in [-0.4, -0.2) is 45.0 Å². The molecule has 0 bridgehead atoms. The Kier molecular flexibility index (Phi) is 17.9. The Bertz CT molecular complexity index is 775. The smallest absolute Gasteiger partial charge is 0.326 e. The lowest BCUT2D eigenvalue weighted by Crippen LogP contribution is -2.43. The molecule has 36 heavy (non-hydrogen) atoms. The summed E-state index contributed by atoms with van der Waals surface area (Å²) in [6.07, 6.45) is 24.3. The van der Waals surface area contributed by atoms with E-state index in [0.717, 1.165) is 31.4 Å². The summed E-state index contributed by atoms with van der Waals surface area (Å²) in [6.45, 7) is 2.45. The van der Waals surface area contributed by atoms with Crippen LogP contribution in [0.25, 0.3) is 0 Å². The monoisotopic (exact) mass is 504 g/mol. The molecule has 0 saturated heterocycles. The van der Waals surface area contributed by atoms with Crippen molar-refractivity contribution in [3.63, 3.8) is 0 Å². The molecule has 8 nitrogen and oxygen atoms in total. The number of nitrogens with zero attached hydrogens (tertiary/aromatic N) is 2. The molecule has 0 radical (unpaired) electrons. The molecule has 0 saturated carbocycles. The van der Waals surface area contributed by atoms with Gasteiger partial charge in [-0.1, -0.05) is 70.4 Å². The van der Waals surface area contributed by atoms with E-state index in [1.165, 1.54) is 57.8 Å². The van der Waals surface area contributed by atoms with Crippen LogP contribution in [0.4, 0.5) is 0 Å². The number of imidazole rings is 1. The largest absolute Gasteiger partial charge is 0.480 e. The zero-order valence-electron chi connectivity index (χ0n) is 22.5. The van der Waals surface area contributed by atoms with Gasteiger partial charge in [-0.2, -0.15) is 0 Å². The Balaban J connectivity index is 1.99. The summed E-state index contributed by atoms with van der Waals surface area (Å²) in [5.41, 5.74) is 0.718. The summed E-state index contributed by atoms with van der Waals surface area (Å²) < 4.78 is 1.72. The molecule has 1 heterocycles. The molecule has 1 aromatic heterocycles. The Morgan fingerprint density at radius 2 is 1.53 bits per heavy atom. The highest BCUT2D eigenvalue weighted by Gasteiger charge is 2.21. The van der Waals surface area contributed by atoms with Crippen LogP contribution in [0.2, 0.25) is 0 Å². The molecule has 0 spiro atoms. The minimum Gasteiger partial charge on any atom is -0.480 e. The van der Waals surface area contributed by atoms with Gasteiger partial charge in [0.1, 0.15) is 6.04 Å². The Hall–Kier alpha value is -2.64. The fraction of sp³-hybridized carbons (Fsp3) is 0.714. The first-order valence-corrected chi connectivity index (χ1v) is 13.8. The highest BCUT2D eigenvalue weighted by atomic mass is 16.4. The van der Waals surface area contributed by atoms with E-state index in [1.807, 2.05) is 0 Å². The number of hydrogen-bond acceptors (Lipinski definition) is 4. The van der Waals surface area contributed by atoms with Gasteiger partial charge in [0.05, 0.1) is 6.33 Å². The minimum absolute atomic E-state index is 0.0489. The van der Waals surface area contributed by atoms with Gasteiger partial charge in [0.2, 0.25) is 11.8 Å². The zero-order valence-corrected chi connectivity index (χ0v) is 22.5. The number of aliphatic carboxylic acids is 1. The summed E-state index contributed by atoms with van der Waals surface area (Å²) in [7, 11) is 1.77. The van der Waals surface area contributed by atoms with E-state index in [9.17, 15) is 19.5 Å². The number of nitrogens with one attached hydrogen (secondary N) is 2. The summed E-state index contributed by atoms with van der Waals surface area (Å²) in [5, 5.41) is 14.6. The number of aryl methyl sites for hydroxylation is 1. The molecule has 2 amide bonds. The fourth-order valence-electron chi connectivity index (χ4n) is 4.02.